The summed E-state index contributed by atoms with van der Waals surface area (Å²) in [7, 11) is 0. The predicted molar refractivity (Wildman–Crippen MR) is 121 cm³/mol. The maximum absolute atomic E-state index is 12.8. The molecule has 10 heteroatoms. The molecule has 0 unspecified atom stereocenters. The summed E-state index contributed by atoms with van der Waals surface area (Å²) in [5.74, 6) is 0.487. The summed E-state index contributed by atoms with van der Waals surface area (Å²) in [5, 5.41) is 7.37. The van der Waals surface area contributed by atoms with Crippen molar-refractivity contribution in [3.8, 4) is 0 Å². The van der Waals surface area contributed by atoms with Gasteiger partial charge in [0.05, 0.1) is 16.8 Å². The Balaban J connectivity index is 1.80. The second kappa shape index (κ2) is 11.0. The molecule has 0 radical (unpaired) electrons. The van der Waals surface area contributed by atoms with Gasteiger partial charge in [0.25, 0.3) is 0 Å². The van der Waals surface area contributed by atoms with E-state index in [0.29, 0.717) is 29.3 Å². The van der Waals surface area contributed by atoms with Crippen molar-refractivity contribution in [1.29, 1.82) is 0 Å². The van der Waals surface area contributed by atoms with E-state index in [1.165, 1.54) is 24.3 Å². The van der Waals surface area contributed by atoms with Gasteiger partial charge < -0.3 is 5.32 Å². The molecule has 0 bridgehead atoms. The third-order valence-electron chi connectivity index (χ3n) is 4.81. The number of allylic oxidation sites excluding steroid dienone is 2. The summed E-state index contributed by atoms with van der Waals surface area (Å²) in [6.45, 7) is 1.38. The molecule has 2 aromatic rings. The van der Waals surface area contributed by atoms with E-state index in [2.05, 4.69) is 20.8 Å². The number of aliphatic imine (C=N–C) groups is 1. The number of nitrogens with one attached hydrogen (secondary N) is 2. The van der Waals surface area contributed by atoms with Crippen LogP contribution >= 0.6 is 0 Å². The van der Waals surface area contributed by atoms with Crippen LogP contribution in [0.2, 0.25) is 0 Å². The molecule has 1 heterocycles. The average Bonchev–Trinajstić information content (AvgIpc) is 3.07. The lowest BCUT2D eigenvalue weighted by Gasteiger charge is -2.07. The molecule has 0 atom stereocenters. The number of hydrogen-bond acceptors (Lipinski definition) is 4. The normalized spacial score (nSPS) is 15.1. The van der Waals surface area contributed by atoms with Crippen LogP contribution in [0.4, 0.5) is 26.3 Å². The Morgan fingerprint density at radius 1 is 0.794 bits per heavy atom. The summed E-state index contributed by atoms with van der Waals surface area (Å²) in [6, 6.07) is 9.27. The Morgan fingerprint density at radius 3 is 1.76 bits per heavy atom. The standard InChI is InChI=1S/C24H22F6N4/c25-23(26,27)19-9-3-17(4-10-19)7-13-21(33-34-22-31-15-1-2-16-32-22)14-8-18-5-11-20(12-6-18)24(28,29)30/h3-14H,1-2,15-16H2,(H2,31,32,34)/b13-7+,14-8+. The zero-order valence-corrected chi connectivity index (χ0v) is 17.9. The highest BCUT2D eigenvalue weighted by Gasteiger charge is 2.30. The number of nitrogens with zero attached hydrogens (tertiary/aromatic N) is 2. The highest BCUT2D eigenvalue weighted by atomic mass is 19.4. The van der Waals surface area contributed by atoms with Crippen LogP contribution in [0.1, 0.15) is 35.1 Å². The molecule has 2 aromatic carbocycles. The Bertz CT molecular complexity index is 993. The van der Waals surface area contributed by atoms with Crippen molar-refractivity contribution in [3.63, 3.8) is 0 Å². The highest BCUT2D eigenvalue weighted by molar-refractivity contribution is 6.09. The number of hydrogen-bond donors (Lipinski definition) is 2. The molecule has 34 heavy (non-hydrogen) atoms. The van der Waals surface area contributed by atoms with Crippen molar-refractivity contribution in [2.24, 2.45) is 10.1 Å². The summed E-state index contributed by atoms with van der Waals surface area (Å²) in [6.07, 6.45) is -0.615. The molecule has 0 fully saturated rings. The number of benzene rings is 2. The van der Waals surface area contributed by atoms with Crippen LogP contribution in [-0.4, -0.2) is 24.8 Å². The van der Waals surface area contributed by atoms with Gasteiger partial charge in [-0.1, -0.05) is 36.4 Å². The molecule has 1 aliphatic rings. The number of alkyl halides is 6. The van der Waals surface area contributed by atoms with Crippen molar-refractivity contribution < 1.29 is 26.3 Å². The lowest BCUT2D eigenvalue weighted by Crippen LogP contribution is -2.34. The SMILES string of the molecule is FC(F)(F)c1ccc(/C=C/C(/C=C/c2ccc(C(F)(F)F)cc2)=NNC2=NCCCCN2)cc1. The Kier molecular flexibility index (Phi) is 8.14. The zero-order chi connectivity index (χ0) is 24.6. The van der Waals surface area contributed by atoms with Crippen LogP contribution in [0.5, 0.6) is 0 Å². The third kappa shape index (κ3) is 7.79. The van der Waals surface area contributed by atoms with Crippen LogP contribution in [0.25, 0.3) is 12.2 Å². The van der Waals surface area contributed by atoms with Crippen LogP contribution in [0.3, 0.4) is 0 Å². The molecular weight excluding hydrogens is 458 g/mol. The van der Waals surface area contributed by atoms with Gasteiger partial charge in [0.2, 0.25) is 5.96 Å². The average molecular weight is 480 g/mol. The summed E-state index contributed by atoms with van der Waals surface area (Å²) < 4.78 is 76.5. The highest BCUT2D eigenvalue weighted by Crippen LogP contribution is 2.30. The van der Waals surface area contributed by atoms with Gasteiger partial charge in [-0.3, -0.25) is 4.99 Å². The fourth-order valence-corrected chi connectivity index (χ4v) is 2.94. The minimum absolute atomic E-state index is 0.383. The van der Waals surface area contributed by atoms with Crippen molar-refractivity contribution in [2.45, 2.75) is 25.2 Å². The van der Waals surface area contributed by atoms with E-state index in [0.717, 1.165) is 43.7 Å². The van der Waals surface area contributed by atoms with Crippen LogP contribution in [0, 0.1) is 0 Å². The quantitative estimate of drug-likeness (QED) is 0.307. The van der Waals surface area contributed by atoms with E-state index in [-0.39, 0.29) is 0 Å². The van der Waals surface area contributed by atoms with E-state index in [1.807, 2.05) is 0 Å². The maximum Gasteiger partial charge on any atom is 0.416 e. The van der Waals surface area contributed by atoms with Gasteiger partial charge in [-0.05, 0) is 60.4 Å². The smallest absolute Gasteiger partial charge is 0.355 e. The molecule has 0 spiro atoms. The first-order valence-electron chi connectivity index (χ1n) is 10.4. The van der Waals surface area contributed by atoms with Crippen LogP contribution in [0.15, 0.2) is 70.8 Å². The molecule has 0 aromatic heterocycles. The van der Waals surface area contributed by atoms with Gasteiger partial charge >= 0.3 is 12.4 Å². The lowest BCUT2D eigenvalue weighted by atomic mass is 10.1. The van der Waals surface area contributed by atoms with Gasteiger partial charge in [0.1, 0.15) is 0 Å². The van der Waals surface area contributed by atoms with Crippen molar-refractivity contribution >= 4 is 23.8 Å². The predicted octanol–water partition coefficient (Wildman–Crippen LogP) is 6.14. The van der Waals surface area contributed by atoms with E-state index >= 15 is 0 Å². The molecule has 2 N–H and O–H groups in total. The van der Waals surface area contributed by atoms with Crippen molar-refractivity contribution in [2.75, 3.05) is 13.1 Å². The Labute approximate surface area is 192 Å². The Morgan fingerprint density at radius 2 is 1.29 bits per heavy atom. The van der Waals surface area contributed by atoms with E-state index < -0.39 is 23.5 Å². The molecule has 0 aliphatic carbocycles. The summed E-state index contributed by atoms with van der Waals surface area (Å²) in [5.41, 5.74) is 2.75. The fourth-order valence-electron chi connectivity index (χ4n) is 2.94. The number of rotatable bonds is 5. The van der Waals surface area contributed by atoms with Gasteiger partial charge in [-0.2, -0.15) is 31.4 Å². The van der Waals surface area contributed by atoms with E-state index in [4.69, 9.17) is 0 Å². The van der Waals surface area contributed by atoms with Crippen LogP contribution < -0.4 is 10.7 Å². The first-order valence-corrected chi connectivity index (χ1v) is 10.4. The minimum atomic E-state index is -4.42. The largest absolute Gasteiger partial charge is 0.416 e. The minimum Gasteiger partial charge on any atom is -0.355 e. The fraction of sp³-hybridized carbons (Fsp3) is 0.250. The van der Waals surface area contributed by atoms with Crippen molar-refractivity contribution in [1.82, 2.24) is 10.7 Å². The second-order valence-corrected chi connectivity index (χ2v) is 7.42. The second-order valence-electron chi connectivity index (χ2n) is 7.42. The third-order valence-corrected chi connectivity index (χ3v) is 4.81. The molecule has 4 nitrogen and oxygen atoms in total. The first kappa shape index (κ1) is 25.1. The molecule has 3 rings (SSSR count). The Hall–Kier alpha value is -3.56. The molecular formula is C24H22F6N4. The first-order chi connectivity index (χ1) is 16.1. The molecule has 0 amide bonds. The maximum atomic E-state index is 12.8. The zero-order valence-electron chi connectivity index (χ0n) is 17.9. The summed E-state index contributed by atoms with van der Waals surface area (Å²) in [4.78, 5) is 4.32. The number of halogens is 6. The molecule has 0 saturated carbocycles. The van der Waals surface area contributed by atoms with Crippen molar-refractivity contribution in [3.05, 3.63) is 82.9 Å². The monoisotopic (exact) mass is 480 g/mol. The van der Waals surface area contributed by atoms with Gasteiger partial charge in [0.15, 0.2) is 0 Å². The van der Waals surface area contributed by atoms with Gasteiger partial charge in [0, 0.05) is 13.1 Å². The van der Waals surface area contributed by atoms with Crippen LogP contribution in [-0.2, 0) is 12.4 Å². The van der Waals surface area contributed by atoms with Gasteiger partial charge in [-0.25, -0.2) is 5.43 Å². The summed E-state index contributed by atoms with van der Waals surface area (Å²) >= 11 is 0. The lowest BCUT2D eigenvalue weighted by molar-refractivity contribution is -0.138. The van der Waals surface area contributed by atoms with Gasteiger partial charge in [-0.15, -0.1) is 0 Å². The number of hydrazone groups is 1. The molecule has 180 valence electrons. The van der Waals surface area contributed by atoms with E-state index in [1.54, 1.807) is 24.3 Å². The van der Waals surface area contributed by atoms with E-state index in [9.17, 15) is 26.3 Å². The topological polar surface area (TPSA) is 48.8 Å². The molecule has 1 aliphatic heterocycles. The number of guanidine groups is 1. The molecule has 0 saturated heterocycles.